The van der Waals surface area contributed by atoms with Crippen molar-refractivity contribution in [2.75, 3.05) is 13.7 Å². The highest BCUT2D eigenvalue weighted by Crippen LogP contribution is 2.31. The van der Waals surface area contributed by atoms with Crippen molar-refractivity contribution in [3.8, 4) is 11.5 Å². The van der Waals surface area contributed by atoms with Gasteiger partial charge in [0, 0.05) is 12.3 Å². The lowest BCUT2D eigenvalue weighted by atomic mass is 9.91. The van der Waals surface area contributed by atoms with Gasteiger partial charge in [0.1, 0.15) is 18.2 Å². The number of allylic oxidation sites excluding steroid dienone is 3. The van der Waals surface area contributed by atoms with E-state index in [9.17, 15) is 9.59 Å². The zero-order valence-electron chi connectivity index (χ0n) is 22.2. The highest BCUT2D eigenvalue weighted by molar-refractivity contribution is 5.81. The number of amides is 1. The van der Waals surface area contributed by atoms with Gasteiger partial charge in [-0.05, 0) is 49.9 Å². The van der Waals surface area contributed by atoms with Crippen LogP contribution in [0, 0.1) is 11.8 Å². The highest BCUT2D eigenvalue weighted by atomic mass is 16.6. The van der Waals surface area contributed by atoms with E-state index < -0.39 is 23.7 Å². The minimum atomic E-state index is -0.921. The lowest BCUT2D eigenvalue weighted by Crippen LogP contribution is -2.45. The maximum absolute atomic E-state index is 12.4. The zero-order valence-corrected chi connectivity index (χ0v) is 22.2. The molecule has 1 amide bonds. The zero-order chi connectivity index (χ0) is 26.8. The third-order valence-electron chi connectivity index (χ3n) is 5.85. The number of esters is 1. The third-order valence-corrected chi connectivity index (χ3v) is 5.85. The average molecular weight is 508 g/mol. The Morgan fingerprint density at radius 1 is 0.946 bits per heavy atom. The Hall–Kier alpha value is -3.74. The maximum atomic E-state index is 12.4. The van der Waals surface area contributed by atoms with Gasteiger partial charge in [-0.2, -0.15) is 0 Å². The SMILES string of the molecule is COC(=O)[C@H](Cc1ccc(OCc2ccccc2)c(OCC2C=CC=CC2C)c1)NC(=O)OC(C)(C)C. The van der Waals surface area contributed by atoms with Gasteiger partial charge >= 0.3 is 12.1 Å². The van der Waals surface area contributed by atoms with Crippen molar-refractivity contribution in [3.05, 3.63) is 84.0 Å². The minimum absolute atomic E-state index is 0.198. The van der Waals surface area contributed by atoms with Crippen molar-refractivity contribution < 1.29 is 28.5 Å². The molecule has 3 atom stereocenters. The monoisotopic (exact) mass is 507 g/mol. The Morgan fingerprint density at radius 3 is 2.35 bits per heavy atom. The van der Waals surface area contributed by atoms with Crippen LogP contribution >= 0.6 is 0 Å². The molecule has 0 radical (unpaired) electrons. The Labute approximate surface area is 219 Å². The highest BCUT2D eigenvalue weighted by Gasteiger charge is 2.26. The topological polar surface area (TPSA) is 83.1 Å². The summed E-state index contributed by atoms with van der Waals surface area (Å²) in [6.45, 7) is 8.30. The molecule has 0 fully saturated rings. The second-order valence-corrected chi connectivity index (χ2v) is 10.1. The van der Waals surface area contributed by atoms with E-state index in [1.807, 2.05) is 60.7 Å². The fourth-order valence-corrected chi connectivity index (χ4v) is 3.83. The Balaban J connectivity index is 1.78. The largest absolute Gasteiger partial charge is 0.489 e. The van der Waals surface area contributed by atoms with Crippen molar-refractivity contribution >= 4 is 12.1 Å². The number of hydrogen-bond acceptors (Lipinski definition) is 6. The molecule has 7 nitrogen and oxygen atoms in total. The second kappa shape index (κ2) is 13.0. The van der Waals surface area contributed by atoms with Crippen LogP contribution in [-0.2, 0) is 27.3 Å². The standard InChI is InChI=1S/C30H37NO6/c1-21-11-9-10-14-24(21)20-36-27-18-23(15-16-26(27)35-19-22-12-7-6-8-13-22)17-25(28(32)34-5)31-29(33)37-30(2,3)4/h6-16,18,21,24-25H,17,19-20H2,1-5H3,(H,31,33)/t21?,24?,25-/m0/s1. The molecule has 0 heterocycles. The number of nitrogens with one attached hydrogen (secondary N) is 1. The van der Waals surface area contributed by atoms with Crippen LogP contribution < -0.4 is 14.8 Å². The molecule has 1 N–H and O–H groups in total. The van der Waals surface area contributed by atoms with Gasteiger partial charge in [-0.25, -0.2) is 9.59 Å². The molecule has 0 saturated carbocycles. The van der Waals surface area contributed by atoms with Crippen LogP contribution in [0.2, 0.25) is 0 Å². The Morgan fingerprint density at radius 2 is 1.68 bits per heavy atom. The number of benzene rings is 2. The summed E-state index contributed by atoms with van der Waals surface area (Å²) in [5.41, 5.74) is 1.13. The predicted octanol–water partition coefficient (Wildman–Crippen LogP) is 5.63. The van der Waals surface area contributed by atoms with Crippen LogP contribution in [0.3, 0.4) is 0 Å². The van der Waals surface area contributed by atoms with E-state index in [-0.39, 0.29) is 12.3 Å². The molecule has 0 bridgehead atoms. The van der Waals surface area contributed by atoms with Crippen LogP contribution in [0.1, 0.15) is 38.8 Å². The molecule has 2 aromatic rings. The molecule has 3 rings (SSSR count). The summed E-state index contributed by atoms with van der Waals surface area (Å²) in [6.07, 6.45) is 7.87. The number of alkyl carbamates (subject to hydrolysis) is 1. The number of ether oxygens (including phenoxy) is 4. The number of carbonyl (C=O) groups is 2. The van der Waals surface area contributed by atoms with Crippen molar-refractivity contribution in [1.82, 2.24) is 5.32 Å². The molecule has 1 aliphatic rings. The second-order valence-electron chi connectivity index (χ2n) is 10.1. The van der Waals surface area contributed by atoms with E-state index in [0.29, 0.717) is 30.6 Å². The van der Waals surface area contributed by atoms with Crippen LogP contribution in [0.4, 0.5) is 4.79 Å². The number of rotatable bonds is 10. The molecule has 2 aromatic carbocycles. The first-order valence-corrected chi connectivity index (χ1v) is 12.5. The summed E-state index contributed by atoms with van der Waals surface area (Å²) in [6, 6.07) is 14.5. The van der Waals surface area contributed by atoms with Crippen LogP contribution in [0.25, 0.3) is 0 Å². The molecule has 0 saturated heterocycles. The van der Waals surface area contributed by atoms with Gasteiger partial charge in [0.2, 0.25) is 0 Å². The molecule has 0 spiro atoms. The van der Waals surface area contributed by atoms with E-state index in [4.69, 9.17) is 18.9 Å². The van der Waals surface area contributed by atoms with E-state index >= 15 is 0 Å². The number of hydrogen-bond donors (Lipinski definition) is 1. The number of methoxy groups -OCH3 is 1. The van der Waals surface area contributed by atoms with E-state index in [1.165, 1.54) is 7.11 Å². The quantitative estimate of drug-likeness (QED) is 0.420. The molecule has 7 heteroatoms. The molecule has 0 aliphatic heterocycles. The summed E-state index contributed by atoms with van der Waals surface area (Å²) < 4.78 is 22.6. The fraction of sp³-hybridized carbons (Fsp3) is 0.400. The predicted molar refractivity (Wildman–Crippen MR) is 143 cm³/mol. The molecule has 0 aromatic heterocycles. The van der Waals surface area contributed by atoms with Crippen LogP contribution in [-0.4, -0.2) is 37.4 Å². The number of carbonyl (C=O) groups excluding carboxylic acids is 2. The van der Waals surface area contributed by atoms with Gasteiger partial charge in [0.05, 0.1) is 13.7 Å². The first kappa shape index (κ1) is 27.8. The van der Waals surface area contributed by atoms with Crippen LogP contribution in [0.5, 0.6) is 11.5 Å². The normalized spacial score (nSPS) is 17.5. The lowest BCUT2D eigenvalue weighted by molar-refractivity contribution is -0.143. The van der Waals surface area contributed by atoms with E-state index in [1.54, 1.807) is 20.8 Å². The third kappa shape index (κ3) is 9.01. The van der Waals surface area contributed by atoms with Gasteiger partial charge in [-0.15, -0.1) is 0 Å². The van der Waals surface area contributed by atoms with Gasteiger partial charge in [0.25, 0.3) is 0 Å². The van der Waals surface area contributed by atoms with Crippen molar-refractivity contribution in [2.45, 2.75) is 52.4 Å². The summed E-state index contributed by atoms with van der Waals surface area (Å²) in [4.78, 5) is 24.8. The Kier molecular flexibility index (Phi) is 9.78. The Bertz CT molecular complexity index is 1100. The van der Waals surface area contributed by atoms with Gasteiger partial charge in [0.15, 0.2) is 11.5 Å². The first-order valence-electron chi connectivity index (χ1n) is 12.5. The van der Waals surface area contributed by atoms with E-state index in [2.05, 4.69) is 24.4 Å². The van der Waals surface area contributed by atoms with Gasteiger partial charge < -0.3 is 24.3 Å². The molecule has 198 valence electrons. The van der Waals surface area contributed by atoms with E-state index in [0.717, 1.165) is 11.1 Å². The molecule has 37 heavy (non-hydrogen) atoms. The molecule has 2 unspecified atom stereocenters. The van der Waals surface area contributed by atoms with Gasteiger partial charge in [-0.1, -0.05) is 67.6 Å². The molecular formula is C30H37NO6. The van der Waals surface area contributed by atoms with Crippen molar-refractivity contribution in [3.63, 3.8) is 0 Å². The minimum Gasteiger partial charge on any atom is -0.489 e. The summed E-state index contributed by atoms with van der Waals surface area (Å²) in [7, 11) is 1.29. The summed E-state index contributed by atoms with van der Waals surface area (Å²) >= 11 is 0. The first-order chi connectivity index (χ1) is 17.6. The summed E-state index contributed by atoms with van der Waals surface area (Å²) in [5, 5.41) is 2.62. The summed E-state index contributed by atoms with van der Waals surface area (Å²) in [5.74, 6) is 1.19. The lowest BCUT2D eigenvalue weighted by Gasteiger charge is -2.23. The van der Waals surface area contributed by atoms with Crippen molar-refractivity contribution in [1.29, 1.82) is 0 Å². The fourth-order valence-electron chi connectivity index (χ4n) is 3.83. The van der Waals surface area contributed by atoms with Crippen molar-refractivity contribution in [2.24, 2.45) is 11.8 Å². The maximum Gasteiger partial charge on any atom is 0.408 e. The van der Waals surface area contributed by atoms with Crippen LogP contribution in [0.15, 0.2) is 72.8 Å². The average Bonchev–Trinajstić information content (AvgIpc) is 2.86. The molecular weight excluding hydrogens is 470 g/mol. The molecule has 1 aliphatic carbocycles. The smallest absolute Gasteiger partial charge is 0.408 e. The van der Waals surface area contributed by atoms with Gasteiger partial charge in [-0.3, -0.25) is 0 Å².